The average Bonchev–Trinajstić information content (AvgIpc) is 2.34. The number of halogens is 2. The molecule has 0 bridgehead atoms. The van der Waals surface area contributed by atoms with Crippen molar-refractivity contribution in [3.8, 4) is 0 Å². The number of carbonyl (C=O) groups excluding carboxylic acids is 1. The van der Waals surface area contributed by atoms with Crippen LogP contribution in [-0.2, 0) is 11.2 Å². The van der Waals surface area contributed by atoms with E-state index in [0.29, 0.717) is 29.4 Å². The Balaban J connectivity index is 2.51. The summed E-state index contributed by atoms with van der Waals surface area (Å²) in [6, 6.07) is 5.48. The highest BCUT2D eigenvalue weighted by molar-refractivity contribution is 6.42. The molecule has 0 spiro atoms. The minimum atomic E-state index is -0.813. The molecule has 1 aromatic carbocycles. The molecule has 0 aliphatic carbocycles. The number of benzene rings is 1. The first-order valence-electron chi connectivity index (χ1n) is 6.38. The van der Waals surface area contributed by atoms with Gasteiger partial charge in [0.05, 0.1) is 15.6 Å². The van der Waals surface area contributed by atoms with Crippen LogP contribution in [0.25, 0.3) is 0 Å². The van der Waals surface area contributed by atoms with Gasteiger partial charge in [0.2, 0.25) is 5.91 Å². The van der Waals surface area contributed by atoms with E-state index in [9.17, 15) is 4.79 Å². The topological polar surface area (TPSA) is 55.1 Å². The number of hydrogen-bond donors (Lipinski definition) is 2. The highest BCUT2D eigenvalue weighted by Crippen LogP contribution is 2.25. The number of rotatable bonds is 6. The molecule has 0 aromatic heterocycles. The molecule has 0 saturated heterocycles. The summed E-state index contributed by atoms with van der Waals surface area (Å²) >= 11 is 12.0. The molecule has 3 nitrogen and oxygen atoms in total. The molecule has 3 N–H and O–H groups in total. The van der Waals surface area contributed by atoms with Gasteiger partial charge < -0.3 is 11.1 Å². The Hall–Kier alpha value is -0.770. The van der Waals surface area contributed by atoms with Crippen LogP contribution >= 0.6 is 23.2 Å². The Labute approximate surface area is 124 Å². The number of amides is 1. The van der Waals surface area contributed by atoms with Gasteiger partial charge in [-0.05, 0) is 31.4 Å². The van der Waals surface area contributed by atoms with Gasteiger partial charge in [-0.2, -0.15) is 0 Å². The lowest BCUT2D eigenvalue weighted by Gasteiger charge is -2.22. The van der Waals surface area contributed by atoms with Crippen molar-refractivity contribution in [3.63, 3.8) is 0 Å². The summed E-state index contributed by atoms with van der Waals surface area (Å²) in [4.78, 5) is 11.9. The van der Waals surface area contributed by atoms with Crippen molar-refractivity contribution in [2.45, 2.75) is 38.6 Å². The first kappa shape index (κ1) is 16.3. The van der Waals surface area contributed by atoms with Crippen LogP contribution in [0.2, 0.25) is 10.0 Å². The van der Waals surface area contributed by atoms with Crippen LogP contribution < -0.4 is 11.1 Å². The molecule has 5 heteroatoms. The summed E-state index contributed by atoms with van der Waals surface area (Å²) in [5.41, 5.74) is 6.05. The molecular weight excluding hydrogens is 283 g/mol. The van der Waals surface area contributed by atoms with Crippen LogP contribution in [0.15, 0.2) is 18.2 Å². The third-order valence-corrected chi connectivity index (χ3v) is 3.86. The number of hydrogen-bond acceptors (Lipinski definition) is 2. The standard InChI is InChI=1S/C14H20Cl2N2O/c1-3-8-14(2,17)13(19)18-9-7-10-5-4-6-11(15)12(10)16/h4-6H,3,7-9,17H2,1-2H3,(H,18,19). The third kappa shape index (κ3) is 4.68. The first-order chi connectivity index (χ1) is 8.88. The van der Waals surface area contributed by atoms with Gasteiger partial charge in [-0.3, -0.25) is 4.79 Å². The molecule has 0 saturated carbocycles. The Bertz CT molecular complexity index is 447. The van der Waals surface area contributed by atoms with Crippen molar-refractivity contribution < 1.29 is 4.79 Å². The smallest absolute Gasteiger partial charge is 0.239 e. The normalized spacial score (nSPS) is 13.9. The van der Waals surface area contributed by atoms with Gasteiger partial charge in [0.15, 0.2) is 0 Å². The number of nitrogens with one attached hydrogen (secondary N) is 1. The van der Waals surface area contributed by atoms with Crippen molar-refractivity contribution in [2.24, 2.45) is 5.73 Å². The maximum absolute atomic E-state index is 11.9. The summed E-state index contributed by atoms with van der Waals surface area (Å²) in [6.45, 7) is 4.25. The van der Waals surface area contributed by atoms with E-state index >= 15 is 0 Å². The number of carbonyl (C=O) groups is 1. The van der Waals surface area contributed by atoms with Gasteiger partial charge in [0, 0.05) is 6.54 Å². The van der Waals surface area contributed by atoms with Crippen LogP contribution in [0.1, 0.15) is 32.3 Å². The molecule has 19 heavy (non-hydrogen) atoms. The van der Waals surface area contributed by atoms with Crippen molar-refractivity contribution in [2.75, 3.05) is 6.54 Å². The van der Waals surface area contributed by atoms with Gasteiger partial charge in [-0.25, -0.2) is 0 Å². The van der Waals surface area contributed by atoms with Crippen molar-refractivity contribution >= 4 is 29.1 Å². The monoisotopic (exact) mass is 302 g/mol. The van der Waals surface area contributed by atoms with Gasteiger partial charge in [-0.1, -0.05) is 48.7 Å². The van der Waals surface area contributed by atoms with Crippen LogP contribution in [0.4, 0.5) is 0 Å². The lowest BCUT2D eigenvalue weighted by Crippen LogP contribution is -2.51. The maximum atomic E-state index is 11.9. The zero-order chi connectivity index (χ0) is 14.5. The van der Waals surface area contributed by atoms with Gasteiger partial charge >= 0.3 is 0 Å². The zero-order valence-electron chi connectivity index (χ0n) is 11.3. The summed E-state index contributed by atoms with van der Waals surface area (Å²) < 4.78 is 0. The molecule has 0 aliphatic heterocycles. The summed E-state index contributed by atoms with van der Waals surface area (Å²) in [5.74, 6) is -0.132. The van der Waals surface area contributed by atoms with Gasteiger partial charge in [0.25, 0.3) is 0 Å². The fourth-order valence-electron chi connectivity index (χ4n) is 1.89. The largest absolute Gasteiger partial charge is 0.354 e. The second kappa shape index (κ2) is 7.13. The lowest BCUT2D eigenvalue weighted by atomic mass is 9.96. The Morgan fingerprint density at radius 2 is 2.11 bits per heavy atom. The Kier molecular flexibility index (Phi) is 6.11. The molecule has 1 amide bonds. The van der Waals surface area contributed by atoms with Crippen LogP contribution in [-0.4, -0.2) is 18.0 Å². The predicted octanol–water partition coefficient (Wildman–Crippen LogP) is 3.17. The molecule has 1 unspecified atom stereocenters. The Morgan fingerprint density at radius 1 is 1.42 bits per heavy atom. The Morgan fingerprint density at radius 3 is 2.74 bits per heavy atom. The summed E-state index contributed by atoms with van der Waals surface area (Å²) in [6.07, 6.45) is 2.17. The lowest BCUT2D eigenvalue weighted by molar-refractivity contribution is -0.126. The summed E-state index contributed by atoms with van der Waals surface area (Å²) in [5, 5.41) is 3.91. The van der Waals surface area contributed by atoms with E-state index in [1.54, 1.807) is 13.0 Å². The van der Waals surface area contributed by atoms with E-state index in [1.807, 2.05) is 19.1 Å². The highest BCUT2D eigenvalue weighted by Gasteiger charge is 2.26. The van der Waals surface area contributed by atoms with Crippen LogP contribution in [0, 0.1) is 0 Å². The van der Waals surface area contributed by atoms with E-state index in [-0.39, 0.29) is 5.91 Å². The minimum absolute atomic E-state index is 0.132. The molecular formula is C14H20Cl2N2O. The molecule has 0 fully saturated rings. The van der Waals surface area contributed by atoms with Crippen molar-refractivity contribution in [1.82, 2.24) is 5.32 Å². The van der Waals surface area contributed by atoms with E-state index in [2.05, 4.69) is 5.32 Å². The highest BCUT2D eigenvalue weighted by atomic mass is 35.5. The molecule has 1 atom stereocenters. The van der Waals surface area contributed by atoms with Gasteiger partial charge in [-0.15, -0.1) is 0 Å². The van der Waals surface area contributed by atoms with Crippen molar-refractivity contribution in [3.05, 3.63) is 33.8 Å². The predicted molar refractivity (Wildman–Crippen MR) is 80.7 cm³/mol. The van der Waals surface area contributed by atoms with E-state index in [1.165, 1.54) is 0 Å². The van der Waals surface area contributed by atoms with E-state index < -0.39 is 5.54 Å². The fraction of sp³-hybridized carbons (Fsp3) is 0.500. The molecule has 1 aromatic rings. The SMILES string of the molecule is CCCC(C)(N)C(=O)NCCc1cccc(Cl)c1Cl. The average molecular weight is 303 g/mol. The van der Waals surface area contributed by atoms with Crippen LogP contribution in [0.5, 0.6) is 0 Å². The molecule has 0 heterocycles. The molecule has 0 aliphatic rings. The van der Waals surface area contributed by atoms with E-state index in [0.717, 1.165) is 12.0 Å². The van der Waals surface area contributed by atoms with Crippen LogP contribution in [0.3, 0.4) is 0 Å². The number of nitrogens with two attached hydrogens (primary N) is 1. The second-order valence-corrected chi connectivity index (χ2v) is 5.67. The van der Waals surface area contributed by atoms with Gasteiger partial charge in [0.1, 0.15) is 0 Å². The maximum Gasteiger partial charge on any atom is 0.239 e. The molecule has 1 rings (SSSR count). The first-order valence-corrected chi connectivity index (χ1v) is 7.14. The molecule has 106 valence electrons. The fourth-order valence-corrected chi connectivity index (χ4v) is 2.30. The van der Waals surface area contributed by atoms with E-state index in [4.69, 9.17) is 28.9 Å². The molecule has 0 radical (unpaired) electrons. The van der Waals surface area contributed by atoms with Crippen molar-refractivity contribution in [1.29, 1.82) is 0 Å². The minimum Gasteiger partial charge on any atom is -0.354 e. The summed E-state index contributed by atoms with van der Waals surface area (Å²) in [7, 11) is 0. The second-order valence-electron chi connectivity index (χ2n) is 4.89. The quantitative estimate of drug-likeness (QED) is 0.848. The third-order valence-electron chi connectivity index (χ3n) is 3.00. The zero-order valence-corrected chi connectivity index (χ0v) is 12.8.